The number of benzene rings is 1. The van der Waals surface area contributed by atoms with E-state index < -0.39 is 10.5 Å². The van der Waals surface area contributed by atoms with Gasteiger partial charge in [0.1, 0.15) is 5.69 Å². The maximum Gasteiger partial charge on any atom is 0.316 e. The van der Waals surface area contributed by atoms with Crippen LogP contribution in [-0.2, 0) is 15.3 Å². The molecule has 5 nitrogen and oxygen atoms in total. The Kier molecular flexibility index (Phi) is 4.17. The Morgan fingerprint density at radius 3 is 2.59 bits per heavy atom. The Bertz CT molecular complexity index is 595. The van der Waals surface area contributed by atoms with Crippen LogP contribution in [0.15, 0.2) is 34.7 Å². The molecule has 1 amide bonds. The molecule has 0 aliphatic rings. The van der Waals surface area contributed by atoms with E-state index in [2.05, 4.69) is 16.3 Å². The summed E-state index contributed by atoms with van der Waals surface area (Å²) in [6.07, 6.45) is 0. The van der Waals surface area contributed by atoms with Crippen LogP contribution in [0.2, 0.25) is 0 Å². The molecule has 0 radical (unpaired) electrons. The van der Waals surface area contributed by atoms with Gasteiger partial charge < -0.3 is 5.32 Å². The lowest BCUT2D eigenvalue weighted by Gasteiger charge is -2.07. The van der Waals surface area contributed by atoms with Gasteiger partial charge in [-0.25, -0.2) is 0 Å². The van der Waals surface area contributed by atoms with Crippen LogP contribution in [0.5, 0.6) is 0 Å². The smallest absolute Gasteiger partial charge is 0.316 e. The van der Waals surface area contributed by atoms with E-state index >= 15 is 0 Å². The van der Waals surface area contributed by atoms with Gasteiger partial charge in [0.15, 0.2) is 0 Å². The Morgan fingerprint density at radius 1 is 1.41 bits per heavy atom. The van der Waals surface area contributed by atoms with Gasteiger partial charge in [-0.2, -0.15) is 8.42 Å². The molecule has 17 heavy (non-hydrogen) atoms. The third-order valence-electron chi connectivity index (χ3n) is 1.96. The summed E-state index contributed by atoms with van der Waals surface area (Å²) in [6.45, 7) is 6.86. The van der Waals surface area contributed by atoms with E-state index in [1.807, 2.05) is 0 Å². The van der Waals surface area contributed by atoms with Crippen LogP contribution in [0.4, 0.5) is 11.4 Å². The van der Waals surface area contributed by atoms with Crippen molar-refractivity contribution in [2.75, 3.05) is 5.32 Å². The van der Waals surface area contributed by atoms with Crippen LogP contribution in [0.3, 0.4) is 0 Å². The highest BCUT2D eigenvalue weighted by Gasteiger charge is 2.07. The molecule has 0 heterocycles. The van der Waals surface area contributed by atoms with Crippen LogP contribution in [-0.4, -0.2) is 14.3 Å². The quantitative estimate of drug-likeness (QED) is 0.838. The number of nitrogens with one attached hydrogen (secondary N) is 1. The molecule has 0 fully saturated rings. The number of carbonyl (C=O) groups is 1. The van der Waals surface area contributed by atoms with Gasteiger partial charge in [-0.15, -0.1) is 4.36 Å². The van der Waals surface area contributed by atoms with E-state index in [-0.39, 0.29) is 11.6 Å². The van der Waals surface area contributed by atoms with Gasteiger partial charge in [0.2, 0.25) is 0 Å². The van der Waals surface area contributed by atoms with E-state index in [1.54, 1.807) is 32.0 Å². The Labute approximate surface area is 101 Å². The molecule has 0 spiro atoms. The number of hydrogen-bond acceptors (Lipinski definition) is 4. The molecule has 1 aromatic rings. The Morgan fingerprint density at radius 2 is 2.06 bits per heavy atom. The molecule has 0 aromatic heterocycles. The second-order valence-corrected chi connectivity index (χ2v) is 4.18. The summed E-state index contributed by atoms with van der Waals surface area (Å²) in [5.74, 6) is -0.373. The summed E-state index contributed by atoms with van der Waals surface area (Å²) in [5.41, 5.74) is 1.73. The maximum absolute atomic E-state index is 11.4. The molecule has 0 saturated heterocycles. The summed E-state index contributed by atoms with van der Waals surface area (Å²) < 4.78 is 24.5. The van der Waals surface area contributed by atoms with Crippen LogP contribution in [0.1, 0.15) is 12.5 Å². The molecule has 0 aliphatic carbocycles. The first-order chi connectivity index (χ1) is 7.90. The van der Waals surface area contributed by atoms with Crippen molar-refractivity contribution in [1.82, 2.24) is 0 Å². The molecule has 1 aromatic carbocycles. The summed E-state index contributed by atoms with van der Waals surface area (Å²) in [4.78, 5) is 11.4. The minimum atomic E-state index is -2.56. The first-order valence-corrected chi connectivity index (χ1v) is 5.82. The molecule has 0 aliphatic heterocycles. The minimum absolute atomic E-state index is 0.202. The van der Waals surface area contributed by atoms with Crippen LogP contribution < -0.4 is 5.32 Å². The van der Waals surface area contributed by atoms with Crippen molar-refractivity contribution in [1.29, 1.82) is 0 Å². The summed E-state index contributed by atoms with van der Waals surface area (Å²) in [6, 6.07) is 4.92. The third-order valence-corrected chi connectivity index (χ3v) is 2.31. The predicted molar refractivity (Wildman–Crippen MR) is 65.6 cm³/mol. The van der Waals surface area contributed by atoms with Gasteiger partial charge in [-0.05, 0) is 31.5 Å². The fourth-order valence-corrected chi connectivity index (χ4v) is 1.44. The number of carbonyl (C=O) groups excluding carboxylic acids is 1. The SMILES string of the molecule is C=C(C)C(=O)Nc1ccc(C)cc1N=S(=O)=O. The first-order valence-electron chi connectivity index (χ1n) is 4.79. The van der Waals surface area contributed by atoms with Crippen molar-refractivity contribution in [3.63, 3.8) is 0 Å². The maximum atomic E-state index is 11.4. The summed E-state index contributed by atoms with van der Waals surface area (Å²) in [5, 5.41) is 2.54. The number of nitrogens with zero attached hydrogens (tertiary/aromatic N) is 1. The number of hydrogen-bond donors (Lipinski definition) is 1. The lowest BCUT2D eigenvalue weighted by Crippen LogP contribution is -2.11. The zero-order valence-electron chi connectivity index (χ0n) is 9.52. The fraction of sp³-hybridized carbons (Fsp3) is 0.182. The second kappa shape index (κ2) is 5.40. The molecule has 0 bridgehead atoms. The zero-order chi connectivity index (χ0) is 13.0. The van der Waals surface area contributed by atoms with Gasteiger partial charge in [0.05, 0.1) is 5.69 Å². The highest BCUT2D eigenvalue weighted by molar-refractivity contribution is 7.61. The number of aryl methyl sites for hydroxylation is 1. The van der Waals surface area contributed by atoms with Crippen molar-refractivity contribution in [2.45, 2.75) is 13.8 Å². The topological polar surface area (TPSA) is 75.6 Å². The molecular weight excluding hydrogens is 240 g/mol. The summed E-state index contributed by atoms with van der Waals surface area (Å²) in [7, 11) is -2.56. The molecule has 1 N–H and O–H groups in total. The molecule has 90 valence electrons. The zero-order valence-corrected chi connectivity index (χ0v) is 10.3. The van der Waals surface area contributed by atoms with Crippen molar-refractivity contribution < 1.29 is 13.2 Å². The average molecular weight is 252 g/mol. The Hall–Kier alpha value is -1.95. The van der Waals surface area contributed by atoms with E-state index in [0.29, 0.717) is 11.3 Å². The van der Waals surface area contributed by atoms with Crippen LogP contribution in [0.25, 0.3) is 0 Å². The minimum Gasteiger partial charge on any atom is -0.320 e. The van der Waals surface area contributed by atoms with Crippen LogP contribution in [0, 0.1) is 6.92 Å². The fourth-order valence-electron chi connectivity index (χ4n) is 1.13. The van der Waals surface area contributed by atoms with Crippen molar-refractivity contribution in [3.8, 4) is 0 Å². The average Bonchev–Trinajstić information content (AvgIpc) is 2.20. The van der Waals surface area contributed by atoms with Crippen LogP contribution >= 0.6 is 0 Å². The lowest BCUT2D eigenvalue weighted by atomic mass is 10.2. The number of anilines is 1. The van der Waals surface area contributed by atoms with Gasteiger partial charge in [-0.3, -0.25) is 4.79 Å². The highest BCUT2D eigenvalue weighted by atomic mass is 32.2. The van der Waals surface area contributed by atoms with Gasteiger partial charge in [0, 0.05) is 5.57 Å². The lowest BCUT2D eigenvalue weighted by molar-refractivity contribution is -0.112. The predicted octanol–water partition coefficient (Wildman–Crippen LogP) is 2.20. The van der Waals surface area contributed by atoms with Crippen molar-refractivity contribution in [3.05, 3.63) is 35.9 Å². The van der Waals surface area contributed by atoms with Gasteiger partial charge in [0.25, 0.3) is 5.91 Å². The van der Waals surface area contributed by atoms with E-state index in [4.69, 9.17) is 0 Å². The molecule has 0 atom stereocenters. The normalized spacial score (nSPS) is 9.53. The van der Waals surface area contributed by atoms with Crippen molar-refractivity contribution in [2.24, 2.45) is 4.36 Å². The molecule has 0 saturated carbocycles. The highest BCUT2D eigenvalue weighted by Crippen LogP contribution is 2.26. The van der Waals surface area contributed by atoms with E-state index in [0.717, 1.165) is 5.56 Å². The van der Waals surface area contributed by atoms with E-state index in [1.165, 1.54) is 0 Å². The molecule has 0 unspecified atom stereocenters. The monoisotopic (exact) mass is 252 g/mol. The number of amides is 1. The third kappa shape index (κ3) is 3.84. The largest absolute Gasteiger partial charge is 0.320 e. The molecule has 6 heteroatoms. The number of rotatable bonds is 3. The Balaban J connectivity index is 3.20. The van der Waals surface area contributed by atoms with Gasteiger partial charge >= 0.3 is 10.5 Å². The van der Waals surface area contributed by atoms with Crippen molar-refractivity contribution >= 4 is 27.8 Å². The molecule has 1 rings (SSSR count). The molecular formula is C11H12N2O3S. The summed E-state index contributed by atoms with van der Waals surface area (Å²) >= 11 is 0. The standard InChI is InChI=1S/C11H12N2O3S/c1-7(2)11(14)12-9-5-4-8(3)6-10(9)13-17(15)16/h4-6H,1H2,2-3H3,(H,12,14). The first kappa shape index (κ1) is 13.1. The van der Waals surface area contributed by atoms with Gasteiger partial charge in [-0.1, -0.05) is 12.6 Å². The second-order valence-electron chi connectivity index (χ2n) is 3.56. The van der Waals surface area contributed by atoms with E-state index in [9.17, 15) is 13.2 Å².